The number of hydrogen-bond donors (Lipinski definition) is 0. The van der Waals surface area contributed by atoms with Crippen molar-refractivity contribution in [1.82, 2.24) is 0 Å². The smallest absolute Gasteiger partial charge is 0.257 e. The van der Waals surface area contributed by atoms with Crippen molar-refractivity contribution in [2.24, 2.45) is 11.0 Å². The third kappa shape index (κ3) is 3.14. The minimum absolute atomic E-state index is 0.0337. The monoisotopic (exact) mass is 369 g/mol. The van der Waals surface area contributed by atoms with E-state index in [1.54, 1.807) is 12.2 Å². The number of fused-ring (bicyclic) bond motifs is 1. The van der Waals surface area contributed by atoms with Crippen molar-refractivity contribution < 1.29 is 13.8 Å². The van der Waals surface area contributed by atoms with Gasteiger partial charge in [0, 0.05) is 28.5 Å². The van der Waals surface area contributed by atoms with Crippen LogP contribution in [0.25, 0.3) is 0 Å². The fraction of sp³-hybridized carbons (Fsp3) is 0.455. The predicted octanol–water partition coefficient (Wildman–Crippen LogP) is 2.50. The summed E-state index contributed by atoms with van der Waals surface area (Å²) >= 11 is 7.71. The van der Waals surface area contributed by atoms with Crippen LogP contribution in [0.15, 0.2) is 29.2 Å². The SMILES string of the molecule is FC1=CC2C(=N[N+](CCOCCCl)=C2I)C=C1. The average molecular weight is 370 g/mol. The zero-order chi connectivity index (χ0) is 12.3. The normalized spacial score (nSPS) is 22.6. The van der Waals surface area contributed by atoms with Crippen LogP contribution in [-0.4, -0.2) is 39.8 Å². The van der Waals surface area contributed by atoms with Crippen LogP contribution in [0.4, 0.5) is 4.39 Å². The Labute approximate surface area is 118 Å². The number of allylic oxidation sites excluding steroid dienone is 4. The Balaban J connectivity index is 1.99. The van der Waals surface area contributed by atoms with Gasteiger partial charge in [0.1, 0.15) is 24.1 Å². The Kier molecular flexibility index (Phi) is 4.69. The molecule has 1 aliphatic heterocycles. The summed E-state index contributed by atoms with van der Waals surface area (Å²) < 4.78 is 21.3. The molecule has 0 N–H and O–H groups in total. The van der Waals surface area contributed by atoms with Gasteiger partial charge in [0.2, 0.25) is 0 Å². The lowest BCUT2D eigenvalue weighted by molar-refractivity contribution is -0.530. The molecule has 6 heteroatoms. The first-order valence-corrected chi connectivity index (χ1v) is 6.91. The highest BCUT2D eigenvalue weighted by Gasteiger charge is 2.35. The van der Waals surface area contributed by atoms with E-state index in [0.717, 1.165) is 9.43 Å². The molecule has 0 radical (unpaired) electrons. The number of halogens is 3. The first-order chi connectivity index (χ1) is 8.22. The molecule has 1 aliphatic carbocycles. The van der Waals surface area contributed by atoms with E-state index in [1.165, 1.54) is 6.08 Å². The lowest BCUT2D eigenvalue weighted by Crippen LogP contribution is -2.19. The van der Waals surface area contributed by atoms with Gasteiger partial charge in [0.05, 0.1) is 6.61 Å². The van der Waals surface area contributed by atoms with Crippen LogP contribution in [0.2, 0.25) is 0 Å². The Bertz CT molecular complexity index is 431. The number of hydrazone groups is 1. The summed E-state index contributed by atoms with van der Waals surface area (Å²) in [4.78, 5) is 0. The molecule has 1 unspecified atom stereocenters. The predicted molar refractivity (Wildman–Crippen MR) is 74.9 cm³/mol. The van der Waals surface area contributed by atoms with Crippen LogP contribution in [0, 0.1) is 5.92 Å². The highest BCUT2D eigenvalue weighted by atomic mass is 127. The molecular formula is C11H12ClFIN2O+. The van der Waals surface area contributed by atoms with Gasteiger partial charge in [0.15, 0.2) is 6.54 Å². The Morgan fingerprint density at radius 1 is 1.47 bits per heavy atom. The van der Waals surface area contributed by atoms with Crippen molar-refractivity contribution in [2.75, 3.05) is 25.6 Å². The van der Waals surface area contributed by atoms with E-state index in [2.05, 4.69) is 27.7 Å². The van der Waals surface area contributed by atoms with E-state index in [-0.39, 0.29) is 11.7 Å². The summed E-state index contributed by atoms with van der Waals surface area (Å²) in [5.74, 6) is 0.256. The third-order valence-electron chi connectivity index (χ3n) is 2.47. The van der Waals surface area contributed by atoms with Crippen molar-refractivity contribution in [3.8, 4) is 0 Å². The van der Waals surface area contributed by atoms with Crippen LogP contribution < -0.4 is 0 Å². The van der Waals surface area contributed by atoms with Gasteiger partial charge in [-0.15, -0.1) is 11.6 Å². The van der Waals surface area contributed by atoms with E-state index in [1.807, 2.05) is 4.68 Å². The maximum absolute atomic E-state index is 13.1. The number of hydrogen-bond acceptors (Lipinski definition) is 2. The van der Waals surface area contributed by atoms with Crippen molar-refractivity contribution in [2.45, 2.75) is 0 Å². The van der Waals surface area contributed by atoms with Crippen LogP contribution in [0.5, 0.6) is 0 Å². The van der Waals surface area contributed by atoms with Gasteiger partial charge < -0.3 is 4.74 Å². The second kappa shape index (κ2) is 6.06. The van der Waals surface area contributed by atoms with Crippen LogP contribution >= 0.6 is 34.2 Å². The highest BCUT2D eigenvalue weighted by molar-refractivity contribution is 14.1. The van der Waals surface area contributed by atoms with Gasteiger partial charge in [-0.1, -0.05) is 4.68 Å². The average Bonchev–Trinajstić information content (AvgIpc) is 2.62. The van der Waals surface area contributed by atoms with Crippen molar-refractivity contribution >= 4 is 43.6 Å². The number of ether oxygens (including phenoxy) is 1. The number of nitrogens with zero attached hydrogens (tertiary/aromatic N) is 2. The maximum atomic E-state index is 13.1. The Morgan fingerprint density at radius 2 is 2.29 bits per heavy atom. The molecule has 17 heavy (non-hydrogen) atoms. The summed E-state index contributed by atoms with van der Waals surface area (Å²) in [6.07, 6.45) is 4.74. The first kappa shape index (κ1) is 13.2. The molecule has 2 rings (SSSR count). The second-order valence-corrected chi connectivity index (χ2v) is 5.12. The lowest BCUT2D eigenvalue weighted by Gasteiger charge is -2.03. The molecular weight excluding hydrogens is 357 g/mol. The summed E-state index contributed by atoms with van der Waals surface area (Å²) in [5, 5.41) is 4.42. The minimum Gasteiger partial charge on any atom is -0.374 e. The van der Waals surface area contributed by atoms with Crippen molar-refractivity contribution in [3.05, 3.63) is 24.1 Å². The molecule has 0 bridgehead atoms. The van der Waals surface area contributed by atoms with Gasteiger partial charge >= 0.3 is 0 Å². The van der Waals surface area contributed by atoms with Gasteiger partial charge in [-0.2, -0.15) is 0 Å². The lowest BCUT2D eigenvalue weighted by atomic mass is 10.0. The first-order valence-electron chi connectivity index (χ1n) is 5.30. The second-order valence-electron chi connectivity index (χ2n) is 3.63. The topological polar surface area (TPSA) is 24.6 Å². The fourth-order valence-corrected chi connectivity index (χ4v) is 2.62. The van der Waals surface area contributed by atoms with E-state index in [0.29, 0.717) is 25.6 Å². The molecule has 1 atom stereocenters. The van der Waals surface area contributed by atoms with Crippen LogP contribution in [-0.2, 0) is 4.74 Å². The van der Waals surface area contributed by atoms with E-state index in [9.17, 15) is 4.39 Å². The molecule has 2 aliphatic rings. The Hall–Kier alpha value is -0.270. The fourth-order valence-electron chi connectivity index (χ4n) is 1.67. The zero-order valence-corrected chi connectivity index (χ0v) is 12.0. The van der Waals surface area contributed by atoms with Gasteiger partial charge in [-0.3, -0.25) is 0 Å². The van der Waals surface area contributed by atoms with Crippen molar-refractivity contribution in [1.29, 1.82) is 0 Å². The van der Waals surface area contributed by atoms with Gasteiger partial charge in [-0.25, -0.2) is 4.39 Å². The number of alkyl halides is 1. The number of rotatable bonds is 5. The van der Waals surface area contributed by atoms with Crippen LogP contribution in [0.1, 0.15) is 0 Å². The molecule has 0 aromatic heterocycles. The molecule has 3 nitrogen and oxygen atoms in total. The highest BCUT2D eigenvalue weighted by Crippen LogP contribution is 2.24. The summed E-state index contributed by atoms with van der Waals surface area (Å²) in [6.45, 7) is 1.78. The maximum Gasteiger partial charge on any atom is 0.257 e. The minimum atomic E-state index is -0.205. The summed E-state index contributed by atoms with van der Waals surface area (Å²) in [5.41, 5.74) is 0.883. The van der Waals surface area contributed by atoms with Gasteiger partial charge in [0.25, 0.3) is 3.72 Å². The molecule has 0 amide bonds. The molecule has 92 valence electrons. The van der Waals surface area contributed by atoms with Crippen molar-refractivity contribution in [3.63, 3.8) is 0 Å². The quantitative estimate of drug-likeness (QED) is 0.316. The van der Waals surface area contributed by atoms with E-state index >= 15 is 0 Å². The molecule has 1 heterocycles. The molecule has 0 aromatic carbocycles. The Morgan fingerprint density at radius 3 is 3.06 bits per heavy atom. The molecule has 0 aromatic rings. The van der Waals surface area contributed by atoms with Gasteiger partial charge in [-0.05, 0) is 23.3 Å². The molecule has 0 saturated heterocycles. The molecule has 0 fully saturated rings. The summed E-state index contributed by atoms with van der Waals surface area (Å²) in [7, 11) is 0. The zero-order valence-electron chi connectivity index (χ0n) is 9.07. The van der Waals surface area contributed by atoms with Crippen LogP contribution in [0.3, 0.4) is 0 Å². The largest absolute Gasteiger partial charge is 0.374 e. The van der Waals surface area contributed by atoms with E-state index < -0.39 is 0 Å². The standard InChI is InChI=1S/C11H12ClFIN2O/c12-3-5-17-6-4-16-11(14)9-7-8(13)1-2-10(9)15-16/h1-2,7,9H,3-6H2/q+1. The molecule has 0 spiro atoms. The third-order valence-corrected chi connectivity index (χ3v) is 3.85. The molecule has 0 saturated carbocycles. The summed E-state index contributed by atoms with van der Waals surface area (Å²) in [6, 6.07) is 0. The van der Waals surface area contributed by atoms with E-state index in [4.69, 9.17) is 16.3 Å².